The monoisotopic (exact) mass is 294 g/mol. The predicted octanol–water partition coefficient (Wildman–Crippen LogP) is 4.22. The summed E-state index contributed by atoms with van der Waals surface area (Å²) in [5.41, 5.74) is 0. The van der Waals surface area contributed by atoms with Crippen molar-refractivity contribution in [2.75, 3.05) is 6.61 Å². The third kappa shape index (κ3) is 14.1. The molecular weight excluding hydrogens is 264 g/mol. The van der Waals surface area contributed by atoms with Gasteiger partial charge in [0.1, 0.15) is 0 Å². The van der Waals surface area contributed by atoms with Crippen LogP contribution in [0.2, 0.25) is 0 Å². The van der Waals surface area contributed by atoms with Crippen LogP contribution in [-0.2, 0) is 14.6 Å². The Kier molecular flexibility index (Phi) is 10.6. The van der Waals surface area contributed by atoms with E-state index >= 15 is 0 Å². The van der Waals surface area contributed by atoms with Crippen molar-refractivity contribution in [3.05, 3.63) is 0 Å². The lowest BCUT2D eigenvalue weighted by molar-refractivity contribution is 0.221. The minimum Gasteiger partial charge on any atom is -0.264 e. The maximum Gasteiger partial charge on any atom is 0.397 e. The van der Waals surface area contributed by atoms with Crippen LogP contribution in [0.5, 0.6) is 0 Å². The Hall–Kier alpha value is -0.130. The largest absolute Gasteiger partial charge is 0.397 e. The van der Waals surface area contributed by atoms with E-state index in [2.05, 4.69) is 18.0 Å². The summed E-state index contributed by atoms with van der Waals surface area (Å²) >= 11 is 0. The molecule has 0 aromatic heterocycles. The molecule has 0 aliphatic rings. The molecule has 0 aliphatic carbocycles. The topological polar surface area (TPSA) is 63.6 Å². The molecule has 0 fully saturated rings. The summed E-state index contributed by atoms with van der Waals surface area (Å²) in [5.74, 6) is 0.903. The molecular formula is C14H30O4S. The van der Waals surface area contributed by atoms with Gasteiger partial charge in [-0.25, -0.2) is 4.18 Å². The molecule has 0 heterocycles. The van der Waals surface area contributed by atoms with E-state index in [1.165, 1.54) is 38.5 Å². The first-order chi connectivity index (χ1) is 8.85. The summed E-state index contributed by atoms with van der Waals surface area (Å²) in [4.78, 5) is 0. The Balaban J connectivity index is 3.50. The van der Waals surface area contributed by atoms with Crippen LogP contribution in [0.3, 0.4) is 0 Å². The summed E-state index contributed by atoms with van der Waals surface area (Å²) in [6.07, 6.45) is 9.75. The van der Waals surface area contributed by atoms with Crippen molar-refractivity contribution in [2.45, 2.75) is 72.1 Å². The molecule has 116 valence electrons. The molecule has 0 aliphatic heterocycles. The lowest BCUT2D eigenvalue weighted by Gasteiger charge is -2.13. The van der Waals surface area contributed by atoms with Gasteiger partial charge in [-0.15, -0.1) is 0 Å². The number of hydrogen-bond donors (Lipinski definition) is 1. The Bertz CT molecular complexity index is 301. The molecule has 5 heteroatoms. The van der Waals surface area contributed by atoms with Crippen LogP contribution in [0.15, 0.2) is 0 Å². The molecule has 19 heavy (non-hydrogen) atoms. The average molecular weight is 294 g/mol. The van der Waals surface area contributed by atoms with Crippen LogP contribution in [0.1, 0.15) is 72.1 Å². The Labute approximate surface area is 118 Å². The van der Waals surface area contributed by atoms with Crippen LogP contribution in [0, 0.1) is 11.8 Å². The number of unbranched alkanes of at least 4 members (excludes halogenated alkanes) is 3. The second-order valence-electron chi connectivity index (χ2n) is 5.70. The average Bonchev–Trinajstić information content (AvgIpc) is 2.31. The van der Waals surface area contributed by atoms with E-state index in [4.69, 9.17) is 4.55 Å². The van der Waals surface area contributed by atoms with E-state index in [1.807, 2.05) is 6.92 Å². The summed E-state index contributed by atoms with van der Waals surface area (Å²) in [6.45, 7) is 6.52. The third-order valence-electron chi connectivity index (χ3n) is 3.45. The van der Waals surface area contributed by atoms with Crippen LogP contribution in [-0.4, -0.2) is 19.6 Å². The van der Waals surface area contributed by atoms with Gasteiger partial charge >= 0.3 is 10.4 Å². The van der Waals surface area contributed by atoms with E-state index in [9.17, 15) is 8.42 Å². The van der Waals surface area contributed by atoms with E-state index in [-0.39, 0.29) is 12.5 Å². The minimum absolute atomic E-state index is 0.0731. The van der Waals surface area contributed by atoms with Gasteiger partial charge in [-0.05, 0) is 18.3 Å². The van der Waals surface area contributed by atoms with Crippen molar-refractivity contribution in [3.63, 3.8) is 0 Å². The highest BCUT2D eigenvalue weighted by Gasteiger charge is 2.10. The van der Waals surface area contributed by atoms with Crippen molar-refractivity contribution in [1.82, 2.24) is 0 Å². The third-order valence-corrected chi connectivity index (χ3v) is 3.88. The van der Waals surface area contributed by atoms with Crippen LogP contribution < -0.4 is 0 Å². The second-order valence-corrected chi connectivity index (χ2v) is 6.79. The van der Waals surface area contributed by atoms with Crippen molar-refractivity contribution >= 4 is 10.4 Å². The molecule has 0 spiro atoms. The zero-order chi connectivity index (χ0) is 14.7. The molecule has 0 bridgehead atoms. The molecule has 1 N–H and O–H groups in total. The summed E-state index contributed by atoms with van der Waals surface area (Å²) in [6, 6.07) is 0. The molecule has 2 unspecified atom stereocenters. The zero-order valence-electron chi connectivity index (χ0n) is 12.6. The highest BCUT2D eigenvalue weighted by atomic mass is 32.3. The van der Waals surface area contributed by atoms with Crippen molar-refractivity contribution < 1.29 is 17.2 Å². The van der Waals surface area contributed by atoms with Gasteiger partial charge in [0.2, 0.25) is 0 Å². The Morgan fingerprint density at radius 3 is 2.11 bits per heavy atom. The highest BCUT2D eigenvalue weighted by Crippen LogP contribution is 2.18. The molecule has 0 rings (SSSR count). The molecule has 0 aromatic rings. The van der Waals surface area contributed by atoms with Gasteiger partial charge in [0.15, 0.2) is 0 Å². The fourth-order valence-electron chi connectivity index (χ4n) is 2.16. The molecule has 0 radical (unpaired) electrons. The van der Waals surface area contributed by atoms with Crippen molar-refractivity contribution in [3.8, 4) is 0 Å². The van der Waals surface area contributed by atoms with Crippen LogP contribution in [0.25, 0.3) is 0 Å². The van der Waals surface area contributed by atoms with Gasteiger partial charge in [0, 0.05) is 0 Å². The molecule has 4 nitrogen and oxygen atoms in total. The number of rotatable bonds is 12. The molecule has 0 aromatic carbocycles. The standard InChI is InChI=1S/C14H30O4S/c1-4-5-6-7-9-13(2)10-8-11-14(3)12-18-19(15,16)17/h13-14H,4-12H2,1-3H3,(H,15,16,17). The quantitative estimate of drug-likeness (QED) is 0.432. The zero-order valence-corrected chi connectivity index (χ0v) is 13.4. The van der Waals surface area contributed by atoms with Gasteiger partial charge < -0.3 is 0 Å². The highest BCUT2D eigenvalue weighted by molar-refractivity contribution is 7.80. The first-order valence-electron chi connectivity index (χ1n) is 7.47. The van der Waals surface area contributed by atoms with Gasteiger partial charge in [0.05, 0.1) is 6.61 Å². The van der Waals surface area contributed by atoms with Gasteiger partial charge in [-0.3, -0.25) is 4.55 Å². The van der Waals surface area contributed by atoms with Crippen LogP contribution in [0.4, 0.5) is 0 Å². The van der Waals surface area contributed by atoms with E-state index in [0.717, 1.165) is 18.8 Å². The maximum atomic E-state index is 10.4. The molecule has 0 saturated carbocycles. The first kappa shape index (κ1) is 18.9. The van der Waals surface area contributed by atoms with Gasteiger partial charge in [-0.2, -0.15) is 8.42 Å². The minimum atomic E-state index is -4.28. The number of hydrogen-bond acceptors (Lipinski definition) is 3. The second kappa shape index (κ2) is 10.6. The van der Waals surface area contributed by atoms with Gasteiger partial charge in [-0.1, -0.05) is 65.7 Å². The van der Waals surface area contributed by atoms with E-state index in [1.54, 1.807) is 0 Å². The first-order valence-corrected chi connectivity index (χ1v) is 8.83. The fraction of sp³-hybridized carbons (Fsp3) is 1.00. The smallest absolute Gasteiger partial charge is 0.264 e. The summed E-state index contributed by atoms with van der Waals surface area (Å²) in [7, 11) is -4.28. The normalized spacial score (nSPS) is 15.4. The van der Waals surface area contributed by atoms with Crippen LogP contribution >= 0.6 is 0 Å². The fourth-order valence-corrected chi connectivity index (χ4v) is 2.57. The lowest BCUT2D eigenvalue weighted by Crippen LogP contribution is -2.11. The SMILES string of the molecule is CCCCCCC(C)CCCC(C)COS(=O)(=O)O. The molecule has 0 amide bonds. The Morgan fingerprint density at radius 1 is 0.947 bits per heavy atom. The summed E-state index contributed by atoms with van der Waals surface area (Å²) < 4.78 is 33.7. The van der Waals surface area contributed by atoms with E-state index < -0.39 is 10.4 Å². The Morgan fingerprint density at radius 2 is 1.53 bits per heavy atom. The van der Waals surface area contributed by atoms with Gasteiger partial charge in [0.25, 0.3) is 0 Å². The van der Waals surface area contributed by atoms with E-state index in [0.29, 0.717) is 0 Å². The molecule has 2 atom stereocenters. The molecule has 0 saturated heterocycles. The summed E-state index contributed by atoms with van der Waals surface area (Å²) in [5, 5.41) is 0. The van der Waals surface area contributed by atoms with Crippen molar-refractivity contribution in [2.24, 2.45) is 11.8 Å². The predicted molar refractivity (Wildman–Crippen MR) is 78.4 cm³/mol. The lowest BCUT2D eigenvalue weighted by atomic mass is 9.95. The van der Waals surface area contributed by atoms with Crippen molar-refractivity contribution in [1.29, 1.82) is 0 Å². The maximum absolute atomic E-state index is 10.4.